The van der Waals surface area contributed by atoms with E-state index in [2.05, 4.69) is 15.3 Å². The molecule has 0 bridgehead atoms. The minimum Gasteiger partial charge on any atom is -0.374 e. The van der Waals surface area contributed by atoms with Gasteiger partial charge in [0.25, 0.3) is 5.69 Å². The van der Waals surface area contributed by atoms with Crippen molar-refractivity contribution < 1.29 is 4.92 Å². The van der Waals surface area contributed by atoms with Gasteiger partial charge in [0, 0.05) is 11.6 Å². The zero-order chi connectivity index (χ0) is 18.7. The SMILES string of the molecule is Cc1c(N=Nc2ccccc2[N+](=O)[O-])c(-c2ccccc2)nn1C(N)=S. The molecule has 0 fully saturated rings. The minimum absolute atomic E-state index is 0.0758. The van der Waals surface area contributed by atoms with E-state index in [-0.39, 0.29) is 16.5 Å². The quantitative estimate of drug-likeness (QED) is 0.321. The second-order valence-corrected chi connectivity index (χ2v) is 5.76. The summed E-state index contributed by atoms with van der Waals surface area (Å²) in [6, 6.07) is 15.5. The molecule has 1 aromatic heterocycles. The average Bonchev–Trinajstić information content (AvgIpc) is 2.97. The van der Waals surface area contributed by atoms with Crippen molar-refractivity contribution in [2.45, 2.75) is 6.92 Å². The van der Waals surface area contributed by atoms with Crippen LogP contribution in [0.3, 0.4) is 0 Å². The molecule has 1 heterocycles. The predicted molar refractivity (Wildman–Crippen MR) is 102 cm³/mol. The molecular formula is C17H14N6O2S. The van der Waals surface area contributed by atoms with Gasteiger partial charge in [-0.15, -0.1) is 10.2 Å². The van der Waals surface area contributed by atoms with E-state index in [1.54, 1.807) is 19.1 Å². The summed E-state index contributed by atoms with van der Waals surface area (Å²) in [5.41, 5.74) is 8.13. The monoisotopic (exact) mass is 366 g/mol. The van der Waals surface area contributed by atoms with Gasteiger partial charge in [-0.3, -0.25) is 10.1 Å². The van der Waals surface area contributed by atoms with Gasteiger partial charge in [0.15, 0.2) is 10.8 Å². The lowest BCUT2D eigenvalue weighted by atomic mass is 10.1. The lowest BCUT2D eigenvalue weighted by molar-refractivity contribution is -0.384. The first-order chi connectivity index (χ1) is 12.5. The zero-order valence-electron chi connectivity index (χ0n) is 13.7. The summed E-state index contributed by atoms with van der Waals surface area (Å²) in [5.74, 6) is 0. The summed E-state index contributed by atoms with van der Waals surface area (Å²) in [4.78, 5) is 10.6. The second kappa shape index (κ2) is 7.19. The third kappa shape index (κ3) is 3.33. The molecule has 0 saturated heterocycles. The molecule has 0 unspecified atom stereocenters. The summed E-state index contributed by atoms with van der Waals surface area (Å²) in [7, 11) is 0. The smallest absolute Gasteiger partial charge is 0.296 e. The van der Waals surface area contributed by atoms with E-state index in [4.69, 9.17) is 18.0 Å². The van der Waals surface area contributed by atoms with Crippen LogP contribution in [0.25, 0.3) is 11.3 Å². The van der Waals surface area contributed by atoms with E-state index in [0.717, 1.165) is 5.56 Å². The summed E-state index contributed by atoms with van der Waals surface area (Å²) in [6.45, 7) is 1.76. The molecule has 0 spiro atoms. The molecule has 8 nitrogen and oxygen atoms in total. The number of nitro benzene ring substituents is 1. The number of rotatable bonds is 4. The van der Waals surface area contributed by atoms with Gasteiger partial charge in [0.1, 0.15) is 11.4 Å². The fourth-order valence-electron chi connectivity index (χ4n) is 2.43. The van der Waals surface area contributed by atoms with Crippen LogP contribution in [-0.2, 0) is 0 Å². The summed E-state index contributed by atoms with van der Waals surface area (Å²) in [6.07, 6.45) is 0. The Balaban J connectivity index is 2.13. The number of azo groups is 1. The van der Waals surface area contributed by atoms with Crippen LogP contribution in [0.1, 0.15) is 5.69 Å². The maximum atomic E-state index is 11.1. The third-order valence-corrected chi connectivity index (χ3v) is 3.85. The number of aromatic nitrogens is 2. The Morgan fingerprint density at radius 3 is 2.46 bits per heavy atom. The molecule has 26 heavy (non-hydrogen) atoms. The normalized spacial score (nSPS) is 11.0. The standard InChI is InChI=1S/C17H14N6O2S/c1-11-15(20-19-13-9-5-6-10-14(13)23(24)25)16(21-22(11)17(18)26)12-7-3-2-4-8-12/h2-10H,1H3,(H2,18,26). The van der Waals surface area contributed by atoms with E-state index >= 15 is 0 Å². The van der Waals surface area contributed by atoms with Crippen molar-refractivity contribution in [1.82, 2.24) is 9.78 Å². The Labute approximate surface area is 154 Å². The molecular weight excluding hydrogens is 352 g/mol. The Hall–Kier alpha value is -3.46. The number of hydrogen-bond donors (Lipinski definition) is 1. The second-order valence-electron chi connectivity index (χ2n) is 5.34. The highest BCUT2D eigenvalue weighted by Gasteiger charge is 2.18. The molecule has 0 saturated carbocycles. The van der Waals surface area contributed by atoms with Gasteiger partial charge in [-0.05, 0) is 25.2 Å². The number of thiocarbonyl (C=S) groups is 1. The molecule has 3 aromatic rings. The summed E-state index contributed by atoms with van der Waals surface area (Å²) >= 11 is 5.02. The van der Waals surface area contributed by atoms with Crippen LogP contribution in [0.5, 0.6) is 0 Å². The molecule has 9 heteroatoms. The first-order valence-corrected chi connectivity index (χ1v) is 8.00. The predicted octanol–water partition coefficient (Wildman–Crippen LogP) is 4.27. The lowest BCUT2D eigenvalue weighted by Gasteiger charge is -1.99. The van der Waals surface area contributed by atoms with E-state index in [1.807, 2.05) is 30.3 Å². The van der Waals surface area contributed by atoms with Gasteiger partial charge >= 0.3 is 0 Å². The largest absolute Gasteiger partial charge is 0.374 e. The molecule has 0 atom stereocenters. The number of hydrogen-bond acceptors (Lipinski definition) is 6. The molecule has 3 rings (SSSR count). The number of para-hydroxylation sites is 1. The van der Waals surface area contributed by atoms with E-state index in [0.29, 0.717) is 17.1 Å². The van der Waals surface area contributed by atoms with Crippen molar-refractivity contribution in [1.29, 1.82) is 0 Å². The van der Waals surface area contributed by atoms with Gasteiger partial charge in [-0.1, -0.05) is 42.5 Å². The average molecular weight is 366 g/mol. The number of nitrogens with zero attached hydrogens (tertiary/aromatic N) is 5. The zero-order valence-corrected chi connectivity index (χ0v) is 14.6. The molecule has 0 aliphatic heterocycles. The first kappa shape index (κ1) is 17.4. The highest BCUT2D eigenvalue weighted by Crippen LogP contribution is 2.35. The highest BCUT2D eigenvalue weighted by atomic mass is 32.1. The Morgan fingerprint density at radius 1 is 1.15 bits per heavy atom. The van der Waals surface area contributed by atoms with Crippen molar-refractivity contribution in [3.05, 3.63) is 70.4 Å². The van der Waals surface area contributed by atoms with Crippen LogP contribution in [0.2, 0.25) is 0 Å². The first-order valence-electron chi connectivity index (χ1n) is 7.59. The van der Waals surface area contributed by atoms with Crippen molar-refractivity contribution >= 4 is 34.4 Å². The van der Waals surface area contributed by atoms with Crippen LogP contribution in [0.15, 0.2) is 64.8 Å². The third-order valence-electron chi connectivity index (χ3n) is 3.68. The number of nitrogens with two attached hydrogens (primary N) is 1. The Kier molecular flexibility index (Phi) is 4.81. The van der Waals surface area contributed by atoms with E-state index in [9.17, 15) is 10.1 Å². The molecule has 2 aromatic carbocycles. The molecule has 0 aliphatic rings. The fraction of sp³-hybridized carbons (Fsp3) is 0.0588. The van der Waals surface area contributed by atoms with Crippen LogP contribution in [-0.4, -0.2) is 19.8 Å². The molecule has 0 aliphatic carbocycles. The summed E-state index contributed by atoms with van der Waals surface area (Å²) < 4.78 is 1.39. The van der Waals surface area contributed by atoms with Gasteiger partial charge in [-0.2, -0.15) is 5.10 Å². The van der Waals surface area contributed by atoms with Crippen molar-refractivity contribution in [3.63, 3.8) is 0 Å². The maximum absolute atomic E-state index is 11.1. The number of nitro groups is 1. The van der Waals surface area contributed by atoms with Gasteiger partial charge in [0.05, 0.1) is 10.6 Å². The van der Waals surface area contributed by atoms with Crippen molar-refractivity contribution in [2.24, 2.45) is 16.0 Å². The van der Waals surface area contributed by atoms with Crippen LogP contribution >= 0.6 is 12.2 Å². The highest BCUT2D eigenvalue weighted by molar-refractivity contribution is 7.80. The lowest BCUT2D eigenvalue weighted by Crippen LogP contribution is -2.21. The fourth-order valence-corrected chi connectivity index (χ4v) is 2.60. The summed E-state index contributed by atoms with van der Waals surface area (Å²) in [5, 5.41) is 23.9. The Morgan fingerprint density at radius 2 is 1.81 bits per heavy atom. The van der Waals surface area contributed by atoms with Gasteiger partial charge < -0.3 is 5.73 Å². The van der Waals surface area contributed by atoms with Gasteiger partial charge in [-0.25, -0.2) is 4.68 Å². The van der Waals surface area contributed by atoms with E-state index in [1.165, 1.54) is 16.8 Å². The van der Waals surface area contributed by atoms with Crippen molar-refractivity contribution in [2.75, 3.05) is 0 Å². The minimum atomic E-state index is -0.502. The topological polar surface area (TPSA) is 112 Å². The maximum Gasteiger partial charge on any atom is 0.296 e. The van der Waals surface area contributed by atoms with E-state index < -0.39 is 4.92 Å². The van der Waals surface area contributed by atoms with Crippen LogP contribution < -0.4 is 5.73 Å². The van der Waals surface area contributed by atoms with Crippen molar-refractivity contribution in [3.8, 4) is 11.3 Å². The van der Waals surface area contributed by atoms with Crippen LogP contribution in [0.4, 0.5) is 17.1 Å². The molecule has 0 radical (unpaired) electrons. The van der Waals surface area contributed by atoms with Gasteiger partial charge in [0.2, 0.25) is 0 Å². The number of benzene rings is 2. The molecule has 0 amide bonds. The van der Waals surface area contributed by atoms with Crippen LogP contribution in [0, 0.1) is 17.0 Å². The Bertz CT molecular complexity index is 1010. The molecule has 2 N–H and O–H groups in total. The molecule has 130 valence electrons.